The van der Waals surface area contributed by atoms with E-state index in [2.05, 4.69) is 11.5 Å². The predicted molar refractivity (Wildman–Crippen MR) is 55.3 cm³/mol. The molecular formula is C11H16N2O. The molecule has 0 saturated heterocycles. The second-order valence-electron chi connectivity index (χ2n) is 3.68. The van der Waals surface area contributed by atoms with Crippen LogP contribution in [0.2, 0.25) is 0 Å². The van der Waals surface area contributed by atoms with Crippen molar-refractivity contribution in [1.29, 1.82) is 0 Å². The lowest BCUT2D eigenvalue weighted by Gasteiger charge is -2.21. The lowest BCUT2D eigenvalue weighted by atomic mass is 9.91. The van der Waals surface area contributed by atoms with Gasteiger partial charge in [0.05, 0.1) is 18.6 Å². The molecule has 0 fully saturated rings. The number of furan rings is 1. The summed E-state index contributed by atoms with van der Waals surface area (Å²) in [6, 6.07) is 2.09. The van der Waals surface area contributed by atoms with Crippen molar-refractivity contribution >= 4 is 0 Å². The van der Waals surface area contributed by atoms with Gasteiger partial charge in [-0.25, -0.2) is 5.43 Å². The van der Waals surface area contributed by atoms with Gasteiger partial charge < -0.3 is 4.42 Å². The highest BCUT2D eigenvalue weighted by molar-refractivity contribution is 5.25. The Labute approximate surface area is 83.9 Å². The second kappa shape index (κ2) is 4.44. The molecule has 1 aromatic heterocycles. The van der Waals surface area contributed by atoms with Crippen LogP contribution in [0.4, 0.5) is 0 Å². The normalized spacial score (nSPS) is 19.1. The lowest BCUT2D eigenvalue weighted by molar-refractivity contribution is 0.537. The number of hydrogen-bond donors (Lipinski definition) is 2. The molecule has 2 rings (SSSR count). The molecular weight excluding hydrogens is 176 g/mol. The van der Waals surface area contributed by atoms with Crippen LogP contribution in [-0.2, 0) is 0 Å². The van der Waals surface area contributed by atoms with Gasteiger partial charge in [-0.15, -0.1) is 0 Å². The minimum atomic E-state index is 0.133. The Morgan fingerprint density at radius 2 is 2.36 bits per heavy atom. The standard InChI is InChI=1S/C11H16N2O/c12-13-11(10-6-7-14-8-10)9-4-2-1-3-5-9/h4,6-8,11,13H,1-3,5,12H2. The number of hydrazine groups is 1. The molecule has 0 saturated carbocycles. The van der Waals surface area contributed by atoms with E-state index in [1.54, 1.807) is 12.5 Å². The molecule has 1 aliphatic rings. The third-order valence-electron chi connectivity index (χ3n) is 2.74. The van der Waals surface area contributed by atoms with E-state index in [1.807, 2.05) is 6.07 Å². The zero-order chi connectivity index (χ0) is 9.80. The summed E-state index contributed by atoms with van der Waals surface area (Å²) in [5.74, 6) is 5.56. The van der Waals surface area contributed by atoms with E-state index >= 15 is 0 Å². The van der Waals surface area contributed by atoms with Gasteiger partial charge in [0.1, 0.15) is 0 Å². The summed E-state index contributed by atoms with van der Waals surface area (Å²) in [6.07, 6.45) is 10.6. The summed E-state index contributed by atoms with van der Waals surface area (Å²) in [4.78, 5) is 0. The molecule has 1 aromatic rings. The summed E-state index contributed by atoms with van der Waals surface area (Å²) < 4.78 is 5.07. The molecule has 3 N–H and O–H groups in total. The topological polar surface area (TPSA) is 51.2 Å². The Balaban J connectivity index is 2.16. The van der Waals surface area contributed by atoms with E-state index in [1.165, 1.54) is 24.8 Å². The fourth-order valence-corrected chi connectivity index (χ4v) is 1.98. The van der Waals surface area contributed by atoms with Crippen LogP contribution in [0.1, 0.15) is 37.3 Å². The van der Waals surface area contributed by atoms with Crippen molar-refractivity contribution < 1.29 is 4.42 Å². The van der Waals surface area contributed by atoms with E-state index in [0.717, 1.165) is 12.0 Å². The summed E-state index contributed by atoms with van der Waals surface area (Å²) >= 11 is 0. The van der Waals surface area contributed by atoms with Crippen molar-refractivity contribution in [1.82, 2.24) is 5.43 Å². The molecule has 0 spiro atoms. The van der Waals surface area contributed by atoms with Crippen LogP contribution in [0.3, 0.4) is 0 Å². The maximum Gasteiger partial charge on any atom is 0.0954 e. The van der Waals surface area contributed by atoms with Crippen molar-refractivity contribution in [3.05, 3.63) is 35.8 Å². The van der Waals surface area contributed by atoms with Crippen LogP contribution in [0.25, 0.3) is 0 Å². The van der Waals surface area contributed by atoms with E-state index in [4.69, 9.17) is 10.3 Å². The highest BCUT2D eigenvalue weighted by atomic mass is 16.3. The second-order valence-corrected chi connectivity index (χ2v) is 3.68. The van der Waals surface area contributed by atoms with E-state index in [0.29, 0.717) is 0 Å². The minimum absolute atomic E-state index is 0.133. The van der Waals surface area contributed by atoms with E-state index in [9.17, 15) is 0 Å². The molecule has 0 amide bonds. The van der Waals surface area contributed by atoms with Crippen LogP contribution in [0.15, 0.2) is 34.7 Å². The van der Waals surface area contributed by atoms with Crippen molar-refractivity contribution in [2.45, 2.75) is 31.7 Å². The predicted octanol–water partition coefficient (Wildman–Crippen LogP) is 2.28. The van der Waals surface area contributed by atoms with Crippen molar-refractivity contribution in [3.63, 3.8) is 0 Å². The van der Waals surface area contributed by atoms with Gasteiger partial charge in [-0.1, -0.05) is 11.6 Å². The van der Waals surface area contributed by atoms with Gasteiger partial charge in [-0.2, -0.15) is 0 Å². The van der Waals surface area contributed by atoms with Crippen LogP contribution in [0, 0.1) is 0 Å². The largest absolute Gasteiger partial charge is 0.472 e. The highest BCUT2D eigenvalue weighted by Crippen LogP contribution is 2.29. The molecule has 0 radical (unpaired) electrons. The Hall–Kier alpha value is -1.06. The SMILES string of the molecule is NNC(C1=CCCCC1)c1ccoc1. The number of hydrogen-bond acceptors (Lipinski definition) is 3. The third kappa shape index (κ3) is 1.89. The molecule has 0 aromatic carbocycles. The Morgan fingerprint density at radius 1 is 1.43 bits per heavy atom. The number of rotatable bonds is 3. The van der Waals surface area contributed by atoms with Gasteiger partial charge in [-0.3, -0.25) is 5.84 Å². The Bertz CT molecular complexity index is 303. The van der Waals surface area contributed by atoms with Gasteiger partial charge in [0, 0.05) is 5.56 Å². The molecule has 1 heterocycles. The zero-order valence-corrected chi connectivity index (χ0v) is 8.20. The summed E-state index contributed by atoms with van der Waals surface area (Å²) in [6.45, 7) is 0. The first kappa shape index (κ1) is 9.49. The van der Waals surface area contributed by atoms with Crippen LogP contribution < -0.4 is 11.3 Å². The van der Waals surface area contributed by atoms with E-state index < -0.39 is 0 Å². The Morgan fingerprint density at radius 3 is 2.93 bits per heavy atom. The molecule has 3 nitrogen and oxygen atoms in total. The fraction of sp³-hybridized carbons (Fsp3) is 0.455. The number of nitrogens with two attached hydrogens (primary N) is 1. The average Bonchev–Trinajstić information content (AvgIpc) is 2.74. The first-order valence-corrected chi connectivity index (χ1v) is 5.09. The molecule has 1 aliphatic carbocycles. The summed E-state index contributed by atoms with van der Waals surface area (Å²) in [7, 11) is 0. The average molecular weight is 192 g/mol. The first-order chi connectivity index (χ1) is 6.92. The molecule has 3 heteroatoms. The first-order valence-electron chi connectivity index (χ1n) is 5.09. The Kier molecular flexibility index (Phi) is 3.01. The quantitative estimate of drug-likeness (QED) is 0.439. The van der Waals surface area contributed by atoms with Crippen LogP contribution in [-0.4, -0.2) is 0 Å². The molecule has 14 heavy (non-hydrogen) atoms. The maximum absolute atomic E-state index is 5.56. The smallest absolute Gasteiger partial charge is 0.0954 e. The molecule has 1 atom stereocenters. The monoisotopic (exact) mass is 192 g/mol. The third-order valence-corrected chi connectivity index (χ3v) is 2.74. The van der Waals surface area contributed by atoms with E-state index in [-0.39, 0.29) is 6.04 Å². The zero-order valence-electron chi connectivity index (χ0n) is 8.20. The number of allylic oxidation sites excluding steroid dienone is 1. The fourth-order valence-electron chi connectivity index (χ4n) is 1.98. The van der Waals surface area contributed by atoms with Gasteiger partial charge in [0.25, 0.3) is 0 Å². The van der Waals surface area contributed by atoms with Gasteiger partial charge in [0.2, 0.25) is 0 Å². The van der Waals surface area contributed by atoms with Crippen molar-refractivity contribution in [2.75, 3.05) is 0 Å². The number of nitrogens with one attached hydrogen (secondary N) is 1. The van der Waals surface area contributed by atoms with Crippen LogP contribution >= 0.6 is 0 Å². The molecule has 0 aliphatic heterocycles. The highest BCUT2D eigenvalue weighted by Gasteiger charge is 2.17. The summed E-state index contributed by atoms with van der Waals surface area (Å²) in [5, 5.41) is 0. The lowest BCUT2D eigenvalue weighted by Crippen LogP contribution is -2.29. The summed E-state index contributed by atoms with van der Waals surface area (Å²) in [5.41, 5.74) is 5.35. The van der Waals surface area contributed by atoms with Gasteiger partial charge in [-0.05, 0) is 31.7 Å². The molecule has 1 unspecified atom stereocenters. The van der Waals surface area contributed by atoms with Gasteiger partial charge >= 0.3 is 0 Å². The molecule has 0 bridgehead atoms. The van der Waals surface area contributed by atoms with Crippen molar-refractivity contribution in [3.8, 4) is 0 Å². The molecule has 76 valence electrons. The van der Waals surface area contributed by atoms with Crippen molar-refractivity contribution in [2.24, 2.45) is 5.84 Å². The maximum atomic E-state index is 5.56. The minimum Gasteiger partial charge on any atom is -0.472 e. The van der Waals surface area contributed by atoms with Gasteiger partial charge in [0.15, 0.2) is 0 Å². The van der Waals surface area contributed by atoms with Crippen LogP contribution in [0.5, 0.6) is 0 Å².